The van der Waals surface area contributed by atoms with E-state index in [0.29, 0.717) is 19.3 Å². The minimum Gasteiger partial charge on any atom is -0.393 e. The molecule has 1 fully saturated rings. The Morgan fingerprint density at radius 2 is 1.81 bits per heavy atom. The van der Waals surface area contributed by atoms with Crippen LogP contribution in [0.4, 0.5) is 8.78 Å². The van der Waals surface area contributed by atoms with Gasteiger partial charge in [-0.25, -0.2) is 8.78 Å². The van der Waals surface area contributed by atoms with Crippen LogP contribution in [0, 0.1) is 11.6 Å². The lowest BCUT2D eigenvalue weighted by Gasteiger charge is -2.31. The quantitative estimate of drug-likeness (QED) is 0.641. The lowest BCUT2D eigenvalue weighted by molar-refractivity contribution is -0.123. The van der Waals surface area contributed by atoms with Crippen LogP contribution in [0.1, 0.15) is 24.8 Å². The first-order chi connectivity index (χ1) is 13.0. The van der Waals surface area contributed by atoms with Gasteiger partial charge >= 0.3 is 0 Å². The lowest BCUT2D eigenvalue weighted by atomic mass is 9.89. The third kappa shape index (κ3) is 3.71. The number of aromatic amines is 1. The van der Waals surface area contributed by atoms with E-state index in [2.05, 4.69) is 10.3 Å². The van der Waals surface area contributed by atoms with Gasteiger partial charge in [0.1, 0.15) is 11.6 Å². The molecule has 3 aromatic rings. The van der Waals surface area contributed by atoms with Crippen LogP contribution >= 0.6 is 0 Å². The summed E-state index contributed by atoms with van der Waals surface area (Å²) in [5.74, 6) is -0.770. The largest absolute Gasteiger partial charge is 0.393 e. The van der Waals surface area contributed by atoms with Crippen LogP contribution in [0.5, 0.6) is 0 Å². The smallest absolute Gasteiger partial charge is 0.220 e. The molecule has 4 nitrogen and oxygen atoms in total. The molecule has 1 aromatic heterocycles. The maximum Gasteiger partial charge on any atom is 0.220 e. The second-order valence-corrected chi connectivity index (χ2v) is 7.07. The molecule has 1 aliphatic rings. The monoisotopic (exact) mass is 370 g/mol. The number of hydrogen-bond acceptors (Lipinski definition) is 2. The number of aliphatic hydroxyl groups excluding tert-OH is 1. The molecule has 1 saturated carbocycles. The standard InChI is InChI=1S/C21H20F2N2O2/c22-13-3-1-12(2-4-13)21-17(18-9-14(23)5-7-19(18)25-21)6-8-20(27)24-15-10-16(26)11-15/h1-5,7,9,15-16,25-26H,6,8,10-11H2,(H,24,27). The molecule has 2 aromatic carbocycles. The van der Waals surface area contributed by atoms with Crippen molar-refractivity contribution < 1.29 is 18.7 Å². The number of aliphatic hydroxyl groups is 1. The molecule has 27 heavy (non-hydrogen) atoms. The third-order valence-electron chi connectivity index (χ3n) is 5.08. The van der Waals surface area contributed by atoms with Gasteiger partial charge in [-0.05, 0) is 72.9 Å². The van der Waals surface area contributed by atoms with Crippen LogP contribution in [0.2, 0.25) is 0 Å². The molecule has 1 amide bonds. The van der Waals surface area contributed by atoms with Crippen molar-refractivity contribution in [2.45, 2.75) is 37.8 Å². The number of halogens is 2. The van der Waals surface area contributed by atoms with Crippen LogP contribution in [-0.4, -0.2) is 28.1 Å². The predicted octanol–water partition coefficient (Wildman–Crippen LogP) is 3.69. The topological polar surface area (TPSA) is 65.1 Å². The number of carbonyl (C=O) groups is 1. The van der Waals surface area contributed by atoms with Crippen LogP contribution in [0.15, 0.2) is 42.5 Å². The zero-order valence-corrected chi connectivity index (χ0v) is 14.6. The number of carbonyl (C=O) groups excluding carboxylic acids is 1. The number of aryl methyl sites for hydroxylation is 1. The van der Waals surface area contributed by atoms with Crippen LogP contribution < -0.4 is 5.32 Å². The minimum absolute atomic E-state index is 0.0319. The summed E-state index contributed by atoms with van der Waals surface area (Å²) in [7, 11) is 0. The second kappa shape index (κ2) is 7.12. The summed E-state index contributed by atoms with van der Waals surface area (Å²) >= 11 is 0. The maximum atomic E-state index is 13.8. The molecule has 1 heterocycles. The molecule has 0 spiro atoms. The van der Waals surface area contributed by atoms with Crippen molar-refractivity contribution in [2.75, 3.05) is 0 Å². The summed E-state index contributed by atoms with van der Waals surface area (Å²) in [4.78, 5) is 15.5. The third-order valence-corrected chi connectivity index (χ3v) is 5.08. The Bertz CT molecular complexity index is 976. The van der Waals surface area contributed by atoms with E-state index in [4.69, 9.17) is 0 Å². The molecule has 0 radical (unpaired) electrons. The summed E-state index contributed by atoms with van der Waals surface area (Å²) < 4.78 is 27.0. The van der Waals surface area contributed by atoms with E-state index in [9.17, 15) is 18.7 Å². The Morgan fingerprint density at radius 3 is 2.52 bits per heavy atom. The zero-order chi connectivity index (χ0) is 19.0. The SMILES string of the molecule is O=C(CCc1c(-c2ccc(F)cc2)[nH]c2ccc(F)cc12)NC1CC(O)C1. The van der Waals surface area contributed by atoms with Crippen molar-refractivity contribution in [2.24, 2.45) is 0 Å². The molecule has 3 N–H and O–H groups in total. The molecule has 6 heteroatoms. The summed E-state index contributed by atoms with van der Waals surface area (Å²) in [5.41, 5.74) is 3.15. The van der Waals surface area contributed by atoms with Crippen molar-refractivity contribution in [3.05, 3.63) is 59.7 Å². The number of fused-ring (bicyclic) bond motifs is 1. The molecular weight excluding hydrogens is 350 g/mol. The number of benzene rings is 2. The fourth-order valence-corrected chi connectivity index (χ4v) is 3.59. The first kappa shape index (κ1) is 17.7. The van der Waals surface area contributed by atoms with Crippen LogP contribution in [-0.2, 0) is 11.2 Å². The van der Waals surface area contributed by atoms with Crippen molar-refractivity contribution in [1.82, 2.24) is 10.3 Å². The summed E-state index contributed by atoms with van der Waals surface area (Å²) in [5, 5.41) is 12.9. The van der Waals surface area contributed by atoms with Gasteiger partial charge in [0.2, 0.25) is 5.91 Å². The van der Waals surface area contributed by atoms with E-state index < -0.39 is 0 Å². The molecule has 0 aliphatic heterocycles. The highest BCUT2D eigenvalue weighted by atomic mass is 19.1. The molecule has 4 rings (SSSR count). The van der Waals surface area contributed by atoms with Gasteiger partial charge in [0.05, 0.1) is 6.10 Å². The van der Waals surface area contributed by atoms with Crippen LogP contribution in [0.3, 0.4) is 0 Å². The molecular formula is C21H20F2N2O2. The first-order valence-electron chi connectivity index (χ1n) is 9.03. The molecule has 0 atom stereocenters. The van der Waals surface area contributed by atoms with Crippen LogP contribution in [0.25, 0.3) is 22.2 Å². The highest BCUT2D eigenvalue weighted by Crippen LogP contribution is 2.32. The minimum atomic E-state index is -0.346. The highest BCUT2D eigenvalue weighted by Gasteiger charge is 2.28. The van der Waals surface area contributed by atoms with E-state index in [1.54, 1.807) is 18.2 Å². The fraction of sp³-hybridized carbons (Fsp3) is 0.286. The van der Waals surface area contributed by atoms with Gasteiger partial charge in [0.15, 0.2) is 0 Å². The zero-order valence-electron chi connectivity index (χ0n) is 14.6. The predicted molar refractivity (Wildman–Crippen MR) is 99.1 cm³/mol. The number of aromatic nitrogens is 1. The fourth-order valence-electron chi connectivity index (χ4n) is 3.59. The van der Waals surface area contributed by atoms with Crippen molar-refractivity contribution in [3.63, 3.8) is 0 Å². The number of nitrogens with one attached hydrogen (secondary N) is 2. The Kier molecular flexibility index (Phi) is 4.66. The van der Waals surface area contributed by atoms with E-state index in [0.717, 1.165) is 27.7 Å². The molecule has 0 saturated heterocycles. The number of amides is 1. The van der Waals surface area contributed by atoms with E-state index >= 15 is 0 Å². The Morgan fingerprint density at radius 1 is 1.11 bits per heavy atom. The summed E-state index contributed by atoms with van der Waals surface area (Å²) in [6, 6.07) is 10.6. The Labute approximate surface area is 155 Å². The highest BCUT2D eigenvalue weighted by molar-refractivity contribution is 5.91. The summed E-state index contributed by atoms with van der Waals surface area (Å²) in [6.07, 6.45) is 1.54. The average Bonchev–Trinajstić information content (AvgIpc) is 2.97. The molecule has 1 aliphatic carbocycles. The normalized spacial score (nSPS) is 19.1. The van der Waals surface area contributed by atoms with Crippen molar-refractivity contribution >= 4 is 16.8 Å². The molecule has 0 unspecified atom stereocenters. The molecule has 140 valence electrons. The van der Waals surface area contributed by atoms with Gasteiger partial charge in [0, 0.05) is 29.1 Å². The average molecular weight is 370 g/mol. The Hall–Kier alpha value is -2.73. The lowest BCUT2D eigenvalue weighted by Crippen LogP contribution is -2.46. The van der Waals surface area contributed by atoms with E-state index in [-0.39, 0.29) is 36.1 Å². The maximum absolute atomic E-state index is 13.8. The van der Waals surface area contributed by atoms with Gasteiger partial charge in [-0.3, -0.25) is 4.79 Å². The van der Waals surface area contributed by atoms with Gasteiger partial charge in [-0.15, -0.1) is 0 Å². The first-order valence-corrected chi connectivity index (χ1v) is 9.03. The molecule has 0 bridgehead atoms. The number of hydrogen-bond donors (Lipinski definition) is 3. The summed E-state index contributed by atoms with van der Waals surface area (Å²) in [6.45, 7) is 0. The number of rotatable bonds is 5. The van der Waals surface area contributed by atoms with Gasteiger partial charge in [0.25, 0.3) is 0 Å². The Balaban J connectivity index is 1.61. The second-order valence-electron chi connectivity index (χ2n) is 7.07. The van der Waals surface area contributed by atoms with E-state index in [1.165, 1.54) is 24.3 Å². The van der Waals surface area contributed by atoms with Gasteiger partial charge in [-0.1, -0.05) is 0 Å². The van der Waals surface area contributed by atoms with Crippen molar-refractivity contribution in [3.8, 4) is 11.3 Å². The van der Waals surface area contributed by atoms with Crippen molar-refractivity contribution in [1.29, 1.82) is 0 Å². The number of H-pyrrole nitrogens is 1. The van der Waals surface area contributed by atoms with Gasteiger partial charge in [-0.2, -0.15) is 0 Å². The van der Waals surface area contributed by atoms with Gasteiger partial charge < -0.3 is 15.4 Å². The van der Waals surface area contributed by atoms with E-state index in [1.807, 2.05) is 0 Å².